The molecule has 11 heteroatoms. The van der Waals surface area contributed by atoms with E-state index in [4.69, 9.17) is 4.74 Å². The van der Waals surface area contributed by atoms with Crippen molar-refractivity contribution >= 4 is 28.7 Å². The van der Waals surface area contributed by atoms with Crippen LogP contribution >= 0.6 is 0 Å². The van der Waals surface area contributed by atoms with Gasteiger partial charge >= 0.3 is 0 Å². The molecule has 0 unspecified atom stereocenters. The first-order chi connectivity index (χ1) is 12.4. The summed E-state index contributed by atoms with van der Waals surface area (Å²) in [6, 6.07) is 0. The predicted octanol–water partition coefficient (Wildman–Crippen LogP) is -1.25. The highest BCUT2D eigenvalue weighted by Crippen LogP contribution is 2.32. The van der Waals surface area contributed by atoms with Gasteiger partial charge in [-0.1, -0.05) is 0 Å². The van der Waals surface area contributed by atoms with E-state index in [1.807, 2.05) is 0 Å². The largest absolute Gasteiger partial charge is 0.394 e. The first-order valence-corrected chi connectivity index (χ1v) is 8.01. The lowest BCUT2D eigenvalue weighted by Crippen LogP contribution is -2.33. The number of amides is 1. The minimum atomic E-state index is -1.28. The van der Waals surface area contributed by atoms with Crippen LogP contribution in [-0.4, -0.2) is 71.4 Å². The third-order valence-corrected chi connectivity index (χ3v) is 4.11. The van der Waals surface area contributed by atoms with Crippen LogP contribution in [0.1, 0.15) is 26.0 Å². The number of fused-ring (bicyclic) bond motifs is 1. The maximum absolute atomic E-state index is 11.9. The number of aliphatic hydroxyl groups excluding tert-OH is 3. The summed E-state index contributed by atoms with van der Waals surface area (Å²) in [5.41, 5.74) is 0.540. The van der Waals surface area contributed by atoms with Crippen LogP contribution < -0.4 is 5.32 Å². The molecule has 4 N–H and O–H groups in total. The number of rotatable bonds is 6. The Morgan fingerprint density at radius 1 is 1.23 bits per heavy atom. The topological polar surface area (TPSA) is 160 Å². The second-order valence-electron chi connectivity index (χ2n) is 6.03. The van der Waals surface area contributed by atoms with Crippen molar-refractivity contribution in [1.29, 1.82) is 0 Å². The van der Waals surface area contributed by atoms with Gasteiger partial charge in [0.05, 0.1) is 12.9 Å². The molecule has 1 aliphatic rings. The molecule has 11 nitrogen and oxygen atoms in total. The Morgan fingerprint density at radius 3 is 2.65 bits per heavy atom. The van der Waals surface area contributed by atoms with Crippen LogP contribution in [0.2, 0.25) is 0 Å². The van der Waals surface area contributed by atoms with Crippen LogP contribution in [0.25, 0.3) is 11.2 Å². The van der Waals surface area contributed by atoms with E-state index in [2.05, 4.69) is 20.3 Å². The summed E-state index contributed by atoms with van der Waals surface area (Å²) in [6.07, 6.45) is -1.77. The molecule has 1 fully saturated rings. The van der Waals surface area contributed by atoms with Crippen molar-refractivity contribution in [3.8, 4) is 0 Å². The van der Waals surface area contributed by atoms with Crippen LogP contribution in [0.4, 0.5) is 5.82 Å². The second kappa shape index (κ2) is 7.41. The van der Waals surface area contributed by atoms with E-state index in [0.717, 1.165) is 0 Å². The summed E-state index contributed by atoms with van der Waals surface area (Å²) in [4.78, 5) is 35.1. The zero-order valence-electron chi connectivity index (χ0n) is 13.9. The Kier molecular flexibility index (Phi) is 5.23. The van der Waals surface area contributed by atoms with E-state index >= 15 is 0 Å². The monoisotopic (exact) mass is 365 g/mol. The van der Waals surface area contributed by atoms with Gasteiger partial charge in [-0.15, -0.1) is 0 Å². The summed E-state index contributed by atoms with van der Waals surface area (Å²) in [7, 11) is 0. The Balaban J connectivity index is 1.85. The molecule has 4 atom stereocenters. The molecule has 26 heavy (non-hydrogen) atoms. The number of hydrogen-bond acceptors (Lipinski definition) is 9. The van der Waals surface area contributed by atoms with Crippen molar-refractivity contribution in [2.24, 2.45) is 0 Å². The maximum atomic E-state index is 11.9. The van der Waals surface area contributed by atoms with Gasteiger partial charge in [0.25, 0.3) is 0 Å². The Labute approximate surface area is 147 Å². The average Bonchev–Trinajstić information content (AvgIpc) is 3.16. The first-order valence-electron chi connectivity index (χ1n) is 8.01. The van der Waals surface area contributed by atoms with Gasteiger partial charge in [-0.2, -0.15) is 0 Å². The van der Waals surface area contributed by atoms with Gasteiger partial charge in [0, 0.05) is 12.8 Å². The molecule has 2 aromatic heterocycles. The van der Waals surface area contributed by atoms with Crippen LogP contribution in [-0.2, 0) is 14.3 Å². The Morgan fingerprint density at radius 2 is 2.00 bits per heavy atom. The molecular weight excluding hydrogens is 346 g/mol. The van der Waals surface area contributed by atoms with Gasteiger partial charge in [0.15, 0.2) is 23.2 Å². The molecule has 0 aromatic carbocycles. The molecule has 0 bridgehead atoms. The number of ether oxygens (including phenoxy) is 1. The van der Waals surface area contributed by atoms with Crippen molar-refractivity contribution in [3.63, 3.8) is 0 Å². The lowest BCUT2D eigenvalue weighted by atomic mass is 10.1. The highest BCUT2D eigenvalue weighted by atomic mass is 16.6. The quantitative estimate of drug-likeness (QED) is 0.490. The first kappa shape index (κ1) is 18.3. The van der Waals surface area contributed by atoms with Gasteiger partial charge in [-0.05, 0) is 6.92 Å². The lowest BCUT2D eigenvalue weighted by molar-refractivity contribution is -0.121. The molecule has 3 rings (SSSR count). The fourth-order valence-electron chi connectivity index (χ4n) is 2.72. The van der Waals surface area contributed by atoms with E-state index in [1.54, 1.807) is 0 Å². The molecule has 140 valence electrons. The molecule has 0 radical (unpaired) electrons. The van der Waals surface area contributed by atoms with E-state index in [9.17, 15) is 24.9 Å². The summed E-state index contributed by atoms with van der Waals surface area (Å²) >= 11 is 0. The van der Waals surface area contributed by atoms with Crippen LogP contribution in [0.3, 0.4) is 0 Å². The number of Topliss-reactive ketones (excluding diaryl/α,β-unsaturated/α-hetero) is 1. The number of carbonyl (C=O) groups is 2. The van der Waals surface area contributed by atoms with Crippen molar-refractivity contribution in [1.82, 2.24) is 19.5 Å². The minimum Gasteiger partial charge on any atom is -0.394 e. The Hall–Kier alpha value is -2.47. The maximum Gasteiger partial charge on any atom is 0.226 e. The number of aromatic nitrogens is 4. The third kappa shape index (κ3) is 3.42. The normalized spacial score (nSPS) is 25.5. The highest BCUT2D eigenvalue weighted by molar-refractivity contribution is 5.97. The fraction of sp³-hybridized carbons (Fsp3) is 0.533. The van der Waals surface area contributed by atoms with Crippen LogP contribution in [0, 0.1) is 0 Å². The molecule has 2 aromatic rings. The fourth-order valence-corrected chi connectivity index (χ4v) is 2.72. The molecule has 0 saturated carbocycles. The third-order valence-electron chi connectivity index (χ3n) is 4.11. The molecule has 3 heterocycles. The lowest BCUT2D eigenvalue weighted by Gasteiger charge is -2.16. The number of aliphatic hydroxyl groups is 3. The number of carbonyl (C=O) groups excluding carboxylic acids is 2. The minimum absolute atomic E-state index is 0.0242. The molecule has 1 saturated heterocycles. The smallest absolute Gasteiger partial charge is 0.226 e. The molecule has 0 spiro atoms. The number of anilines is 1. The SMILES string of the molecule is CC(=O)CCC(=O)Nc1ncnc2c1ncn2[C@@H]1O[C@H](CO)[C@@H](O)[C@H]1O. The number of hydrogen-bond donors (Lipinski definition) is 4. The van der Waals surface area contributed by atoms with Crippen molar-refractivity contribution in [2.75, 3.05) is 11.9 Å². The number of nitrogens with zero attached hydrogens (tertiary/aromatic N) is 4. The van der Waals surface area contributed by atoms with Gasteiger partial charge in [-0.3, -0.25) is 9.36 Å². The van der Waals surface area contributed by atoms with Crippen LogP contribution in [0.15, 0.2) is 12.7 Å². The van der Waals surface area contributed by atoms with E-state index in [1.165, 1.54) is 24.1 Å². The zero-order chi connectivity index (χ0) is 18.8. The van der Waals surface area contributed by atoms with Crippen molar-refractivity contribution < 1.29 is 29.6 Å². The molecule has 0 aliphatic carbocycles. The van der Waals surface area contributed by atoms with E-state index in [0.29, 0.717) is 0 Å². The number of imidazole rings is 1. The molecule has 1 amide bonds. The van der Waals surface area contributed by atoms with Gasteiger partial charge in [0.1, 0.15) is 30.4 Å². The molecular formula is C15H19N5O6. The van der Waals surface area contributed by atoms with Gasteiger partial charge < -0.3 is 30.2 Å². The summed E-state index contributed by atoms with van der Waals surface area (Å²) in [5, 5.41) is 31.8. The van der Waals surface area contributed by atoms with Gasteiger partial charge in [0.2, 0.25) is 5.91 Å². The van der Waals surface area contributed by atoms with Crippen molar-refractivity contribution in [2.45, 2.75) is 44.3 Å². The summed E-state index contributed by atoms with van der Waals surface area (Å²) in [5.74, 6) is -0.321. The Bertz CT molecular complexity index is 824. The van der Waals surface area contributed by atoms with Gasteiger partial charge in [-0.25, -0.2) is 15.0 Å². The standard InChI is InChI=1S/C15H19N5O6/c1-7(22)2-3-9(23)19-13-10-14(17-5-16-13)20(6-18-10)15-12(25)11(24)8(4-21)26-15/h5-6,8,11-12,15,21,24-25H,2-4H2,1H3,(H,16,17,19,23)/t8-,11-,12-,15-/m1/s1. The summed E-state index contributed by atoms with van der Waals surface area (Å²) < 4.78 is 6.86. The zero-order valence-corrected chi connectivity index (χ0v) is 13.9. The molecule has 1 aliphatic heterocycles. The average molecular weight is 365 g/mol. The van der Waals surface area contributed by atoms with Crippen LogP contribution in [0.5, 0.6) is 0 Å². The second-order valence-corrected chi connectivity index (χ2v) is 6.03. The summed E-state index contributed by atoms with van der Waals surface area (Å²) in [6.45, 7) is 0.951. The highest BCUT2D eigenvalue weighted by Gasteiger charge is 2.44. The number of nitrogens with one attached hydrogen (secondary N) is 1. The predicted molar refractivity (Wildman–Crippen MR) is 86.9 cm³/mol. The number of ketones is 1. The van der Waals surface area contributed by atoms with Crippen molar-refractivity contribution in [3.05, 3.63) is 12.7 Å². The van der Waals surface area contributed by atoms with E-state index in [-0.39, 0.29) is 41.5 Å². The van der Waals surface area contributed by atoms with E-state index < -0.39 is 31.1 Å².